The number of carbonyl (C=O) groups excluding carboxylic acids is 1. The summed E-state index contributed by atoms with van der Waals surface area (Å²) in [5, 5.41) is 3.89. The van der Waals surface area contributed by atoms with Crippen LogP contribution in [0.2, 0.25) is 0 Å². The van der Waals surface area contributed by atoms with Gasteiger partial charge in [0.2, 0.25) is 11.9 Å². The first-order chi connectivity index (χ1) is 18.1. The third-order valence-electron chi connectivity index (χ3n) is 7.88. The number of halogens is 5. The second-order valence-corrected chi connectivity index (χ2v) is 13.3. The zero-order valence-electron chi connectivity index (χ0n) is 21.5. The van der Waals surface area contributed by atoms with E-state index in [9.17, 15) is 30.8 Å². The van der Waals surface area contributed by atoms with Crippen molar-refractivity contribution in [3.63, 3.8) is 0 Å². The van der Waals surface area contributed by atoms with Crippen LogP contribution in [0.25, 0.3) is 5.65 Å². The molecular formula is C26H27F5N4O3S. The number of carbonyl (C=O) groups is 1. The number of benzene rings is 1. The van der Waals surface area contributed by atoms with E-state index in [1.54, 1.807) is 6.20 Å². The Morgan fingerprint density at radius 3 is 2.44 bits per heavy atom. The maximum atomic E-state index is 15.5. The van der Waals surface area contributed by atoms with Crippen LogP contribution in [0.3, 0.4) is 0 Å². The third kappa shape index (κ3) is 4.89. The summed E-state index contributed by atoms with van der Waals surface area (Å²) in [6.45, 7) is 3.85. The van der Waals surface area contributed by atoms with Gasteiger partial charge >= 0.3 is 6.18 Å². The van der Waals surface area contributed by atoms with Crippen LogP contribution in [0.4, 0.5) is 22.0 Å². The number of aromatic nitrogens is 3. The van der Waals surface area contributed by atoms with Crippen LogP contribution in [0.15, 0.2) is 30.5 Å². The fourth-order valence-electron chi connectivity index (χ4n) is 6.00. The van der Waals surface area contributed by atoms with E-state index in [0.29, 0.717) is 33.8 Å². The Labute approximate surface area is 221 Å². The lowest BCUT2D eigenvalue weighted by Gasteiger charge is -2.34. The first kappa shape index (κ1) is 27.5. The van der Waals surface area contributed by atoms with E-state index in [0.717, 1.165) is 19.2 Å². The van der Waals surface area contributed by atoms with Gasteiger partial charge in [0.1, 0.15) is 15.7 Å². The lowest BCUT2D eigenvalue weighted by atomic mass is 9.86. The van der Waals surface area contributed by atoms with Gasteiger partial charge in [0.05, 0.1) is 17.2 Å². The van der Waals surface area contributed by atoms with Gasteiger partial charge in [0, 0.05) is 47.7 Å². The van der Waals surface area contributed by atoms with Crippen LogP contribution in [0.5, 0.6) is 0 Å². The van der Waals surface area contributed by atoms with E-state index in [2.05, 4.69) is 10.1 Å². The fraction of sp³-hybridized carbons (Fsp3) is 0.500. The number of fused-ring (bicyclic) bond motifs is 3. The topological polar surface area (TPSA) is 84.6 Å². The summed E-state index contributed by atoms with van der Waals surface area (Å²) in [5.41, 5.74) is 0.893. The molecule has 1 saturated heterocycles. The minimum atomic E-state index is -4.98. The Hall–Kier alpha value is -3.09. The summed E-state index contributed by atoms with van der Waals surface area (Å²) in [6, 6.07) is 2.15. The Kier molecular flexibility index (Phi) is 6.51. The first-order valence-corrected chi connectivity index (χ1v) is 14.3. The molecule has 1 aromatic carbocycles. The Morgan fingerprint density at radius 2 is 1.82 bits per heavy atom. The third-order valence-corrected chi connectivity index (χ3v) is 9.60. The molecule has 0 bridgehead atoms. The quantitative estimate of drug-likeness (QED) is 0.425. The molecule has 2 atom stereocenters. The zero-order chi connectivity index (χ0) is 28.5. The van der Waals surface area contributed by atoms with Gasteiger partial charge in [-0.05, 0) is 30.9 Å². The molecular weight excluding hydrogens is 543 g/mol. The van der Waals surface area contributed by atoms with E-state index in [4.69, 9.17) is 0 Å². The number of hydrogen-bond donors (Lipinski definition) is 0. The molecule has 210 valence electrons. The van der Waals surface area contributed by atoms with Gasteiger partial charge in [-0.25, -0.2) is 22.3 Å². The molecule has 0 spiro atoms. The van der Waals surface area contributed by atoms with Crippen molar-refractivity contribution in [2.24, 2.45) is 5.92 Å². The smallest absolute Gasteiger partial charge is 0.330 e. The molecule has 7 nitrogen and oxygen atoms in total. The highest BCUT2D eigenvalue weighted by Gasteiger charge is 2.48. The molecule has 0 radical (unpaired) electrons. The van der Waals surface area contributed by atoms with Crippen LogP contribution in [0.1, 0.15) is 67.5 Å². The molecule has 1 amide bonds. The average Bonchev–Trinajstić information content (AvgIpc) is 3.34. The molecule has 3 heterocycles. The minimum absolute atomic E-state index is 0.0736. The fourth-order valence-corrected chi connectivity index (χ4v) is 7.50. The van der Waals surface area contributed by atoms with Crippen molar-refractivity contribution in [1.82, 2.24) is 19.5 Å². The van der Waals surface area contributed by atoms with Crippen molar-refractivity contribution in [3.8, 4) is 0 Å². The maximum Gasteiger partial charge on any atom is 0.413 e. The van der Waals surface area contributed by atoms with Gasteiger partial charge in [-0.3, -0.25) is 4.79 Å². The molecule has 2 aromatic heterocycles. The predicted octanol–water partition coefficient (Wildman–Crippen LogP) is 4.71. The number of sulfone groups is 1. The maximum absolute atomic E-state index is 15.5. The van der Waals surface area contributed by atoms with Gasteiger partial charge < -0.3 is 4.90 Å². The molecule has 0 saturated carbocycles. The molecule has 1 fully saturated rings. The number of nitrogens with zero attached hydrogens (tertiary/aromatic N) is 4. The summed E-state index contributed by atoms with van der Waals surface area (Å²) in [4.78, 5) is 17.7. The van der Waals surface area contributed by atoms with Crippen molar-refractivity contribution in [2.75, 3.05) is 18.6 Å². The lowest BCUT2D eigenvalue weighted by Crippen LogP contribution is -2.44. The van der Waals surface area contributed by atoms with Crippen molar-refractivity contribution >= 4 is 21.4 Å². The normalized spacial score (nSPS) is 21.6. The largest absolute Gasteiger partial charge is 0.413 e. The van der Waals surface area contributed by atoms with E-state index in [1.165, 1.54) is 16.6 Å². The van der Waals surface area contributed by atoms with Gasteiger partial charge in [-0.2, -0.15) is 17.6 Å². The molecule has 1 aliphatic carbocycles. The van der Waals surface area contributed by atoms with Gasteiger partial charge in [-0.1, -0.05) is 26.0 Å². The minimum Gasteiger partial charge on any atom is -0.330 e. The number of hydrogen-bond acceptors (Lipinski definition) is 5. The first-order valence-electron chi connectivity index (χ1n) is 12.5. The van der Waals surface area contributed by atoms with Crippen LogP contribution in [-0.2, 0) is 20.0 Å². The van der Waals surface area contributed by atoms with Crippen LogP contribution in [-0.4, -0.2) is 58.6 Å². The van der Waals surface area contributed by atoms with E-state index in [1.807, 2.05) is 13.8 Å². The van der Waals surface area contributed by atoms with Crippen molar-refractivity contribution < 1.29 is 35.2 Å². The summed E-state index contributed by atoms with van der Waals surface area (Å²) in [7, 11) is -2.35. The zero-order valence-corrected chi connectivity index (χ0v) is 22.3. The summed E-state index contributed by atoms with van der Waals surface area (Å²) in [6.07, 6.45) is -3.09. The van der Waals surface area contributed by atoms with Crippen LogP contribution >= 0.6 is 0 Å². The highest BCUT2D eigenvalue weighted by atomic mass is 32.2. The number of amides is 1. The molecule has 2 aliphatic rings. The second kappa shape index (κ2) is 9.24. The molecule has 0 N–H and O–H groups in total. The highest BCUT2D eigenvalue weighted by Crippen LogP contribution is 2.49. The molecule has 2 unspecified atom stereocenters. The number of alkyl halides is 3. The Balaban J connectivity index is 1.48. The average molecular weight is 571 g/mol. The SMILES string of the molecule is CN(C(=O)C1CCS(=O)(=O)CC1)C(c1ccc(C2CC(C)(C)c3c2cnc2cc(F)nn32)cc1F)C(F)(F)F. The van der Waals surface area contributed by atoms with Crippen molar-refractivity contribution in [3.05, 3.63) is 64.6 Å². The molecule has 1 aliphatic heterocycles. The van der Waals surface area contributed by atoms with Crippen molar-refractivity contribution in [1.29, 1.82) is 0 Å². The lowest BCUT2D eigenvalue weighted by molar-refractivity contribution is -0.191. The Morgan fingerprint density at radius 1 is 1.15 bits per heavy atom. The standard InChI is InChI=1S/C26H27F5N4O3S/c1-25(2)12-17(18-13-32-21-11-20(28)33-35(21)22(18)25)15-4-5-16(19(27)10-15)23(26(29,30)31)34(3)24(36)14-6-8-39(37,38)9-7-14/h4-5,10-11,13-14,17,23H,6-9,12H2,1-3H3. The summed E-state index contributed by atoms with van der Waals surface area (Å²) >= 11 is 0. The highest BCUT2D eigenvalue weighted by molar-refractivity contribution is 7.91. The van der Waals surface area contributed by atoms with E-state index < -0.39 is 62.5 Å². The molecule has 13 heteroatoms. The predicted molar refractivity (Wildman–Crippen MR) is 132 cm³/mol. The summed E-state index contributed by atoms with van der Waals surface area (Å²) in [5.74, 6) is -4.55. The van der Waals surface area contributed by atoms with Gasteiger partial charge in [-0.15, -0.1) is 5.10 Å². The van der Waals surface area contributed by atoms with Crippen molar-refractivity contribution in [2.45, 2.75) is 56.7 Å². The molecule has 5 rings (SSSR count). The Bertz CT molecular complexity index is 1550. The van der Waals surface area contributed by atoms with E-state index in [-0.39, 0.29) is 24.3 Å². The molecule has 39 heavy (non-hydrogen) atoms. The summed E-state index contributed by atoms with van der Waals surface area (Å²) < 4.78 is 96.8. The number of rotatable bonds is 4. The van der Waals surface area contributed by atoms with E-state index >= 15 is 4.39 Å². The second-order valence-electron chi connectivity index (χ2n) is 11.0. The van der Waals surface area contributed by atoms with Crippen LogP contribution < -0.4 is 0 Å². The van der Waals surface area contributed by atoms with Gasteiger partial charge in [0.15, 0.2) is 11.7 Å². The van der Waals surface area contributed by atoms with Gasteiger partial charge in [0.25, 0.3) is 0 Å². The van der Waals surface area contributed by atoms with Crippen LogP contribution in [0, 0.1) is 17.7 Å². The molecule has 3 aromatic rings. The monoisotopic (exact) mass is 570 g/mol.